The van der Waals surface area contributed by atoms with Gasteiger partial charge in [-0.2, -0.15) is 5.26 Å². The third kappa shape index (κ3) is 2.42. The number of anilines is 2. The van der Waals surface area contributed by atoms with Gasteiger partial charge in [-0.1, -0.05) is 0 Å². The zero-order valence-electron chi connectivity index (χ0n) is 8.74. The van der Waals surface area contributed by atoms with Crippen LogP contribution < -0.4 is 16.8 Å². The fraction of sp³-hybridized carbons (Fsp3) is 0.333. The first-order chi connectivity index (χ1) is 7.61. The number of rotatable bonds is 5. The highest BCUT2D eigenvalue weighted by Crippen LogP contribution is 2.34. The number of hydrogen-bond donors (Lipinski definition) is 3. The second kappa shape index (κ2) is 5.34. The molecule has 16 heavy (non-hydrogen) atoms. The highest BCUT2D eigenvalue weighted by Gasteiger charge is 2.18. The number of methoxy groups -OCH3 is 1. The fourth-order valence-corrected chi connectivity index (χ4v) is 2.08. The van der Waals surface area contributed by atoms with Crippen LogP contribution in [-0.4, -0.2) is 26.2 Å². The molecule has 7 heteroatoms. The SMILES string of the molecule is COCCNc1sc(C(N)=O)c(N)c1C#N. The summed E-state index contributed by atoms with van der Waals surface area (Å²) in [4.78, 5) is 11.2. The zero-order chi connectivity index (χ0) is 12.1. The summed E-state index contributed by atoms with van der Waals surface area (Å²) < 4.78 is 4.86. The maximum atomic E-state index is 11.0. The molecule has 0 spiro atoms. The maximum Gasteiger partial charge on any atom is 0.261 e. The topological polar surface area (TPSA) is 114 Å². The summed E-state index contributed by atoms with van der Waals surface area (Å²) in [7, 11) is 1.57. The molecular formula is C9H12N4O2S. The van der Waals surface area contributed by atoms with Gasteiger partial charge in [0.1, 0.15) is 21.5 Å². The van der Waals surface area contributed by atoms with Crippen molar-refractivity contribution in [3.05, 3.63) is 10.4 Å². The van der Waals surface area contributed by atoms with Gasteiger partial charge < -0.3 is 21.5 Å². The number of ether oxygens (including phenoxy) is 1. The Labute approximate surface area is 96.8 Å². The Balaban J connectivity index is 2.96. The molecule has 0 radical (unpaired) electrons. The average molecular weight is 240 g/mol. The Bertz CT molecular complexity index is 435. The van der Waals surface area contributed by atoms with Crippen LogP contribution in [0.2, 0.25) is 0 Å². The van der Waals surface area contributed by atoms with Gasteiger partial charge in [0.05, 0.1) is 12.3 Å². The van der Waals surface area contributed by atoms with Gasteiger partial charge >= 0.3 is 0 Å². The Morgan fingerprint density at radius 2 is 2.38 bits per heavy atom. The number of amides is 1. The quantitative estimate of drug-likeness (QED) is 0.643. The van der Waals surface area contributed by atoms with E-state index in [1.165, 1.54) is 0 Å². The minimum Gasteiger partial charge on any atom is -0.396 e. The lowest BCUT2D eigenvalue weighted by atomic mass is 10.2. The standard InChI is InChI=1S/C9H12N4O2S/c1-15-3-2-13-9-5(4-10)6(11)7(16-9)8(12)14/h13H,2-3,11H2,1H3,(H2,12,14). The molecule has 86 valence electrons. The van der Waals surface area contributed by atoms with E-state index in [0.29, 0.717) is 18.2 Å². The average Bonchev–Trinajstić information content (AvgIpc) is 2.55. The molecule has 0 saturated carbocycles. The van der Waals surface area contributed by atoms with Crippen molar-refractivity contribution in [3.8, 4) is 6.07 Å². The van der Waals surface area contributed by atoms with E-state index in [4.69, 9.17) is 21.5 Å². The van der Waals surface area contributed by atoms with Gasteiger partial charge in [-0.05, 0) is 0 Å². The first-order valence-corrected chi connectivity index (χ1v) is 5.28. The lowest BCUT2D eigenvalue weighted by molar-refractivity contribution is 0.100. The van der Waals surface area contributed by atoms with Crippen LogP contribution in [-0.2, 0) is 4.74 Å². The lowest BCUT2D eigenvalue weighted by Crippen LogP contribution is -2.10. The number of carbonyl (C=O) groups is 1. The molecule has 0 bridgehead atoms. The largest absolute Gasteiger partial charge is 0.396 e. The van der Waals surface area contributed by atoms with Gasteiger partial charge in [-0.15, -0.1) is 11.3 Å². The molecule has 0 aliphatic rings. The van der Waals surface area contributed by atoms with E-state index in [1.54, 1.807) is 7.11 Å². The summed E-state index contributed by atoms with van der Waals surface area (Å²) in [5.74, 6) is -0.626. The van der Waals surface area contributed by atoms with Crippen LogP contribution in [0, 0.1) is 11.3 Å². The van der Waals surface area contributed by atoms with E-state index >= 15 is 0 Å². The molecular weight excluding hydrogens is 228 g/mol. The molecule has 0 aliphatic heterocycles. The molecule has 0 saturated heterocycles. The molecule has 0 fully saturated rings. The number of carbonyl (C=O) groups excluding carboxylic acids is 1. The summed E-state index contributed by atoms with van der Waals surface area (Å²) >= 11 is 1.08. The van der Waals surface area contributed by atoms with E-state index in [2.05, 4.69) is 5.32 Å². The van der Waals surface area contributed by atoms with Crippen LogP contribution in [0.4, 0.5) is 10.7 Å². The first kappa shape index (κ1) is 12.3. The number of nitrogens with one attached hydrogen (secondary N) is 1. The molecule has 0 unspecified atom stereocenters. The predicted octanol–water partition coefficient (Wildman–Crippen LogP) is 0.359. The Kier molecular flexibility index (Phi) is 4.10. The van der Waals surface area contributed by atoms with Crippen LogP contribution in [0.1, 0.15) is 15.2 Å². The van der Waals surface area contributed by atoms with Crippen molar-refractivity contribution in [1.29, 1.82) is 5.26 Å². The summed E-state index contributed by atoms with van der Waals surface area (Å²) in [5, 5.41) is 12.4. The Morgan fingerprint density at radius 1 is 1.69 bits per heavy atom. The highest BCUT2D eigenvalue weighted by atomic mass is 32.1. The number of primary amides is 1. The molecule has 1 aromatic rings. The van der Waals surface area contributed by atoms with Crippen LogP contribution in [0.5, 0.6) is 0 Å². The normalized spacial score (nSPS) is 9.75. The number of nitrogen functional groups attached to an aromatic ring is 1. The van der Waals surface area contributed by atoms with Gasteiger partial charge in [0, 0.05) is 13.7 Å². The van der Waals surface area contributed by atoms with Gasteiger partial charge in [0.2, 0.25) is 0 Å². The number of thiophene rings is 1. The van der Waals surface area contributed by atoms with Crippen LogP contribution >= 0.6 is 11.3 Å². The summed E-state index contributed by atoms with van der Waals surface area (Å²) in [6.07, 6.45) is 0. The highest BCUT2D eigenvalue weighted by molar-refractivity contribution is 7.18. The molecule has 1 heterocycles. The van der Waals surface area contributed by atoms with E-state index in [0.717, 1.165) is 11.3 Å². The van der Waals surface area contributed by atoms with Crippen LogP contribution in [0.3, 0.4) is 0 Å². The van der Waals surface area contributed by atoms with Gasteiger partial charge in [0.15, 0.2) is 0 Å². The summed E-state index contributed by atoms with van der Waals surface area (Å²) in [5.41, 5.74) is 11.2. The molecule has 1 rings (SSSR count). The van der Waals surface area contributed by atoms with Gasteiger partial charge in [-0.25, -0.2) is 0 Å². The van der Waals surface area contributed by atoms with E-state index in [-0.39, 0.29) is 16.1 Å². The van der Waals surface area contributed by atoms with Crippen molar-refractivity contribution in [3.63, 3.8) is 0 Å². The van der Waals surface area contributed by atoms with Crippen LogP contribution in [0.15, 0.2) is 0 Å². The van der Waals surface area contributed by atoms with Gasteiger partial charge in [0.25, 0.3) is 5.91 Å². The minimum atomic E-state index is -0.626. The second-order valence-corrected chi connectivity index (χ2v) is 3.97. The predicted molar refractivity (Wildman–Crippen MR) is 62.3 cm³/mol. The lowest BCUT2D eigenvalue weighted by Gasteiger charge is -2.02. The van der Waals surface area contributed by atoms with Crippen molar-refractivity contribution >= 4 is 27.9 Å². The molecule has 6 nitrogen and oxygen atoms in total. The molecule has 0 aromatic carbocycles. The van der Waals surface area contributed by atoms with E-state index in [9.17, 15) is 4.79 Å². The van der Waals surface area contributed by atoms with Crippen molar-refractivity contribution < 1.29 is 9.53 Å². The number of hydrogen-bond acceptors (Lipinski definition) is 6. The number of nitrogens with zero attached hydrogens (tertiary/aromatic N) is 1. The zero-order valence-corrected chi connectivity index (χ0v) is 9.56. The molecule has 1 amide bonds. The van der Waals surface area contributed by atoms with Crippen molar-refractivity contribution in [2.75, 3.05) is 31.3 Å². The Morgan fingerprint density at radius 3 is 2.88 bits per heavy atom. The maximum absolute atomic E-state index is 11.0. The third-order valence-electron chi connectivity index (χ3n) is 1.87. The van der Waals surface area contributed by atoms with Crippen molar-refractivity contribution in [1.82, 2.24) is 0 Å². The van der Waals surface area contributed by atoms with Crippen molar-refractivity contribution in [2.24, 2.45) is 5.73 Å². The monoisotopic (exact) mass is 240 g/mol. The summed E-state index contributed by atoms with van der Waals surface area (Å²) in [6, 6.07) is 1.94. The fourth-order valence-electron chi connectivity index (χ4n) is 1.13. The van der Waals surface area contributed by atoms with E-state index < -0.39 is 5.91 Å². The molecule has 0 aliphatic carbocycles. The first-order valence-electron chi connectivity index (χ1n) is 4.46. The molecule has 0 atom stereocenters. The smallest absolute Gasteiger partial charge is 0.261 e. The molecule has 1 aromatic heterocycles. The third-order valence-corrected chi connectivity index (χ3v) is 3.05. The van der Waals surface area contributed by atoms with Gasteiger partial charge in [-0.3, -0.25) is 4.79 Å². The Hall–Kier alpha value is -1.78. The van der Waals surface area contributed by atoms with E-state index in [1.807, 2.05) is 6.07 Å². The number of nitriles is 1. The van der Waals surface area contributed by atoms with Crippen LogP contribution in [0.25, 0.3) is 0 Å². The minimum absolute atomic E-state index is 0.139. The number of nitrogens with two attached hydrogens (primary N) is 2. The molecule has 5 N–H and O–H groups in total. The van der Waals surface area contributed by atoms with Crippen molar-refractivity contribution in [2.45, 2.75) is 0 Å². The second-order valence-electron chi connectivity index (χ2n) is 2.94. The summed E-state index contributed by atoms with van der Waals surface area (Å²) in [6.45, 7) is 1.03.